The second kappa shape index (κ2) is 3.46. The Hall–Kier alpha value is -1.71. The number of anilines is 2. The van der Waals surface area contributed by atoms with Crippen molar-refractivity contribution in [1.29, 1.82) is 0 Å². The molecule has 0 saturated heterocycles. The summed E-state index contributed by atoms with van der Waals surface area (Å²) in [7, 11) is 3.61. The van der Waals surface area contributed by atoms with Gasteiger partial charge in [-0.2, -0.15) is 0 Å². The fourth-order valence-electron chi connectivity index (χ4n) is 1.67. The lowest BCUT2D eigenvalue weighted by Crippen LogP contribution is -2.41. The van der Waals surface area contributed by atoms with Crippen LogP contribution in [0.5, 0.6) is 5.75 Å². The van der Waals surface area contributed by atoms with E-state index in [1.807, 2.05) is 25.2 Å². The summed E-state index contributed by atoms with van der Waals surface area (Å²) in [5, 5.41) is 3.03. The van der Waals surface area contributed by atoms with Gasteiger partial charge in [0.25, 0.3) is 5.91 Å². The maximum Gasteiger partial charge on any atom is 0.267 e. The third-order valence-corrected chi connectivity index (χ3v) is 2.59. The summed E-state index contributed by atoms with van der Waals surface area (Å²) in [6.07, 6.45) is -0.408. The molecule has 1 aromatic carbocycles. The number of carbonyl (C=O) groups excluding carboxylic acids is 1. The molecule has 4 heteroatoms. The van der Waals surface area contributed by atoms with Crippen molar-refractivity contribution in [3.8, 4) is 5.75 Å². The van der Waals surface area contributed by atoms with Gasteiger partial charge in [-0.3, -0.25) is 4.79 Å². The largest absolute Gasteiger partial charge is 0.479 e. The zero-order valence-corrected chi connectivity index (χ0v) is 9.07. The van der Waals surface area contributed by atoms with Crippen LogP contribution in [0.15, 0.2) is 18.2 Å². The molecule has 15 heavy (non-hydrogen) atoms. The average molecular weight is 206 g/mol. The lowest BCUT2D eigenvalue weighted by Gasteiger charge is -2.30. The molecule has 0 saturated carbocycles. The first-order chi connectivity index (χ1) is 7.13. The van der Waals surface area contributed by atoms with Crippen LogP contribution >= 0.6 is 0 Å². The second-order valence-corrected chi connectivity index (χ2v) is 3.59. The molecule has 80 valence electrons. The van der Waals surface area contributed by atoms with E-state index >= 15 is 0 Å². The van der Waals surface area contributed by atoms with E-state index < -0.39 is 6.10 Å². The minimum Gasteiger partial charge on any atom is -0.479 e. The molecule has 2 rings (SSSR count). The van der Waals surface area contributed by atoms with Crippen molar-refractivity contribution < 1.29 is 9.53 Å². The monoisotopic (exact) mass is 206 g/mol. The highest BCUT2D eigenvalue weighted by molar-refractivity contribution is 5.99. The molecule has 0 aromatic heterocycles. The number of amides is 1. The lowest BCUT2D eigenvalue weighted by molar-refractivity contribution is -0.125. The zero-order valence-electron chi connectivity index (χ0n) is 9.07. The fourth-order valence-corrected chi connectivity index (χ4v) is 1.67. The zero-order chi connectivity index (χ0) is 11.0. The Morgan fingerprint density at radius 2 is 2.20 bits per heavy atom. The number of nitrogens with one attached hydrogen (secondary N) is 1. The first-order valence-electron chi connectivity index (χ1n) is 4.89. The molecule has 1 aromatic rings. The number of ether oxygens (including phenoxy) is 1. The van der Waals surface area contributed by atoms with E-state index in [1.165, 1.54) is 0 Å². The van der Waals surface area contributed by atoms with Crippen molar-refractivity contribution in [3.63, 3.8) is 0 Å². The molecule has 1 aliphatic heterocycles. The van der Waals surface area contributed by atoms with Gasteiger partial charge in [0.05, 0.1) is 5.69 Å². The van der Waals surface area contributed by atoms with E-state index in [0.717, 1.165) is 17.1 Å². The maximum absolute atomic E-state index is 11.6. The molecule has 1 atom stereocenters. The van der Waals surface area contributed by atoms with Crippen LogP contribution in [-0.4, -0.2) is 26.1 Å². The van der Waals surface area contributed by atoms with Crippen LogP contribution < -0.4 is 15.0 Å². The van der Waals surface area contributed by atoms with Crippen LogP contribution in [-0.2, 0) is 4.79 Å². The Morgan fingerprint density at radius 3 is 2.87 bits per heavy atom. The number of rotatable bonds is 1. The minimum absolute atomic E-state index is 0.0142. The summed E-state index contributed by atoms with van der Waals surface area (Å²) < 4.78 is 5.53. The van der Waals surface area contributed by atoms with Crippen molar-refractivity contribution in [2.75, 3.05) is 24.3 Å². The molecule has 0 radical (unpaired) electrons. The normalized spacial score (nSPS) is 19.5. The third-order valence-electron chi connectivity index (χ3n) is 2.59. The quantitative estimate of drug-likeness (QED) is 0.756. The van der Waals surface area contributed by atoms with Gasteiger partial charge in [0.1, 0.15) is 5.75 Å². The number of fused-ring (bicyclic) bond motifs is 1. The van der Waals surface area contributed by atoms with Crippen molar-refractivity contribution in [3.05, 3.63) is 18.2 Å². The van der Waals surface area contributed by atoms with Crippen molar-refractivity contribution in [2.24, 2.45) is 0 Å². The molecule has 0 fully saturated rings. The van der Waals surface area contributed by atoms with Crippen LogP contribution in [0.4, 0.5) is 11.4 Å². The van der Waals surface area contributed by atoms with E-state index in [2.05, 4.69) is 5.32 Å². The molecule has 1 amide bonds. The molecule has 0 spiro atoms. The third kappa shape index (κ3) is 1.52. The van der Waals surface area contributed by atoms with Gasteiger partial charge in [-0.1, -0.05) is 0 Å². The molecule has 1 heterocycles. The van der Waals surface area contributed by atoms with Crippen LogP contribution in [0.1, 0.15) is 6.92 Å². The summed E-state index contributed by atoms with van der Waals surface area (Å²) in [6, 6.07) is 5.70. The topological polar surface area (TPSA) is 41.6 Å². The predicted molar refractivity (Wildman–Crippen MR) is 59.5 cm³/mol. The standard InChI is InChI=1S/C11H14N2O2/c1-7-11(14)13(3)9-5-4-8(12-2)6-10(9)15-7/h4-7,12H,1-3H3. The Bertz CT molecular complexity index is 404. The van der Waals surface area contributed by atoms with Gasteiger partial charge >= 0.3 is 0 Å². The van der Waals surface area contributed by atoms with Gasteiger partial charge in [0.15, 0.2) is 6.10 Å². The Labute approximate surface area is 88.8 Å². The van der Waals surface area contributed by atoms with Gasteiger partial charge in [-0.25, -0.2) is 0 Å². The molecule has 0 bridgehead atoms. The molecular formula is C11H14N2O2. The van der Waals surface area contributed by atoms with Crippen molar-refractivity contribution in [1.82, 2.24) is 0 Å². The SMILES string of the molecule is CNc1ccc2c(c1)OC(C)C(=O)N2C. The van der Waals surface area contributed by atoms with E-state index in [4.69, 9.17) is 4.74 Å². The van der Waals surface area contributed by atoms with Gasteiger partial charge < -0.3 is 15.0 Å². The summed E-state index contributed by atoms with van der Waals surface area (Å²) in [6.45, 7) is 1.76. The van der Waals surface area contributed by atoms with Crippen molar-refractivity contribution in [2.45, 2.75) is 13.0 Å². The van der Waals surface area contributed by atoms with Gasteiger partial charge in [0.2, 0.25) is 0 Å². The van der Waals surface area contributed by atoms with Gasteiger partial charge in [-0.15, -0.1) is 0 Å². The fraction of sp³-hybridized carbons (Fsp3) is 0.364. The highest BCUT2D eigenvalue weighted by atomic mass is 16.5. The van der Waals surface area contributed by atoms with E-state index in [0.29, 0.717) is 0 Å². The summed E-state index contributed by atoms with van der Waals surface area (Å²) in [5.74, 6) is 0.733. The van der Waals surface area contributed by atoms with Crippen LogP contribution in [0.25, 0.3) is 0 Å². The summed E-state index contributed by atoms with van der Waals surface area (Å²) in [5.41, 5.74) is 1.79. The Morgan fingerprint density at radius 1 is 1.47 bits per heavy atom. The van der Waals surface area contributed by atoms with E-state index in [1.54, 1.807) is 18.9 Å². The molecule has 0 aliphatic carbocycles. The van der Waals surface area contributed by atoms with Crippen LogP contribution in [0.3, 0.4) is 0 Å². The highest BCUT2D eigenvalue weighted by Crippen LogP contribution is 2.35. The summed E-state index contributed by atoms with van der Waals surface area (Å²) in [4.78, 5) is 13.3. The number of hydrogen-bond donors (Lipinski definition) is 1. The molecule has 1 unspecified atom stereocenters. The Kier molecular flexibility index (Phi) is 2.26. The minimum atomic E-state index is -0.408. The molecule has 1 aliphatic rings. The first kappa shape index (κ1) is 9.83. The lowest BCUT2D eigenvalue weighted by atomic mass is 10.2. The number of benzene rings is 1. The van der Waals surface area contributed by atoms with Gasteiger partial charge in [0, 0.05) is 25.8 Å². The average Bonchev–Trinajstić information content (AvgIpc) is 2.25. The predicted octanol–water partition coefficient (Wildman–Crippen LogP) is 1.47. The van der Waals surface area contributed by atoms with Crippen molar-refractivity contribution >= 4 is 17.3 Å². The van der Waals surface area contributed by atoms with Crippen LogP contribution in [0, 0.1) is 0 Å². The smallest absolute Gasteiger partial charge is 0.267 e. The van der Waals surface area contributed by atoms with E-state index in [-0.39, 0.29) is 5.91 Å². The highest BCUT2D eigenvalue weighted by Gasteiger charge is 2.28. The molecule has 4 nitrogen and oxygen atoms in total. The molecular weight excluding hydrogens is 192 g/mol. The summed E-state index contributed by atoms with van der Waals surface area (Å²) >= 11 is 0. The van der Waals surface area contributed by atoms with E-state index in [9.17, 15) is 4.79 Å². The number of nitrogens with zero attached hydrogens (tertiary/aromatic N) is 1. The first-order valence-corrected chi connectivity index (χ1v) is 4.89. The number of carbonyl (C=O) groups is 1. The number of likely N-dealkylation sites (N-methyl/N-ethyl adjacent to an activating group) is 1. The second-order valence-electron chi connectivity index (χ2n) is 3.59. The molecule has 1 N–H and O–H groups in total. The number of hydrogen-bond acceptors (Lipinski definition) is 3. The maximum atomic E-state index is 11.6. The van der Waals surface area contributed by atoms with Crippen LogP contribution in [0.2, 0.25) is 0 Å². The Balaban J connectivity index is 2.45. The van der Waals surface area contributed by atoms with Gasteiger partial charge in [-0.05, 0) is 19.1 Å².